The Morgan fingerprint density at radius 1 is 0.585 bits per heavy atom. The SMILES string of the molecule is CSCCC(NC(=O)C(CCCN=C(N)N)NC(=O)C(CC(C)C)NC(=O)C(CCSC)NC(=O)CNC(=O)C(CCSC)NC(=O)C(C)N)C(N)=O. The zero-order chi connectivity index (χ0) is 40.5. The summed E-state index contributed by atoms with van der Waals surface area (Å²) in [5.74, 6) is -2.97. The molecule has 0 aromatic heterocycles. The fourth-order valence-corrected chi connectivity index (χ4v) is 6.08. The van der Waals surface area contributed by atoms with Gasteiger partial charge in [0, 0.05) is 6.54 Å². The standard InChI is InChI=1S/C32H61N11O7S3/c1-18(2)16-24(31(50)42-21(8-7-12-37-32(35)36)29(48)40-20(26(34)45)9-13-51-4)43-30(49)23(11-15-53-6)39-25(44)17-38-28(47)22(10-14-52-5)41-27(46)19(3)33/h18-24H,7-17,33H2,1-6H3,(H2,34,45)(H,38,47)(H,39,44)(H,40,48)(H,41,46)(H,42,50)(H,43,49)(H4,35,36,37). The third-order valence-corrected chi connectivity index (χ3v) is 9.46. The summed E-state index contributed by atoms with van der Waals surface area (Å²) in [6.07, 6.45) is 6.96. The molecular formula is C32H61N11O7S3. The maximum absolute atomic E-state index is 13.7. The van der Waals surface area contributed by atoms with Crippen LogP contribution in [-0.4, -0.2) is 133 Å². The molecule has 53 heavy (non-hydrogen) atoms. The molecule has 0 rings (SSSR count). The van der Waals surface area contributed by atoms with Crippen molar-refractivity contribution in [3.63, 3.8) is 0 Å². The van der Waals surface area contributed by atoms with Gasteiger partial charge in [0.15, 0.2) is 5.96 Å². The minimum atomic E-state index is -1.12. The van der Waals surface area contributed by atoms with E-state index in [2.05, 4.69) is 36.9 Å². The van der Waals surface area contributed by atoms with Crippen LogP contribution in [0.15, 0.2) is 4.99 Å². The molecule has 0 saturated carbocycles. The average Bonchev–Trinajstić information content (AvgIpc) is 3.09. The molecule has 0 radical (unpaired) electrons. The highest BCUT2D eigenvalue weighted by atomic mass is 32.2. The summed E-state index contributed by atoms with van der Waals surface area (Å²) in [7, 11) is 0. The molecule has 0 aliphatic rings. The molecule has 0 aromatic rings. The molecule has 0 bridgehead atoms. The predicted octanol–water partition coefficient (Wildman–Crippen LogP) is -2.28. The van der Waals surface area contributed by atoms with Gasteiger partial charge in [0.2, 0.25) is 41.4 Å². The van der Waals surface area contributed by atoms with E-state index in [0.717, 1.165) is 0 Å². The Labute approximate surface area is 325 Å². The van der Waals surface area contributed by atoms with Gasteiger partial charge in [-0.2, -0.15) is 35.3 Å². The predicted molar refractivity (Wildman–Crippen MR) is 214 cm³/mol. The van der Waals surface area contributed by atoms with Gasteiger partial charge in [-0.3, -0.25) is 38.6 Å². The number of amides is 7. The van der Waals surface area contributed by atoms with Crippen LogP contribution in [0, 0.1) is 5.92 Å². The van der Waals surface area contributed by atoms with Gasteiger partial charge >= 0.3 is 0 Å². The Kier molecular flexibility index (Phi) is 26.3. The molecule has 0 saturated heterocycles. The second kappa shape index (κ2) is 28.1. The molecule has 0 spiro atoms. The fourth-order valence-electron chi connectivity index (χ4n) is 4.66. The van der Waals surface area contributed by atoms with Gasteiger partial charge in [0.1, 0.15) is 30.2 Å². The maximum atomic E-state index is 13.7. The zero-order valence-corrected chi connectivity index (χ0v) is 34.1. The van der Waals surface area contributed by atoms with E-state index in [-0.39, 0.29) is 37.7 Å². The third-order valence-electron chi connectivity index (χ3n) is 7.53. The molecular weight excluding hydrogens is 747 g/mol. The van der Waals surface area contributed by atoms with Crippen molar-refractivity contribution in [2.75, 3.05) is 49.1 Å². The monoisotopic (exact) mass is 807 g/mol. The molecule has 6 atom stereocenters. The van der Waals surface area contributed by atoms with Crippen molar-refractivity contribution in [2.24, 2.45) is 33.8 Å². The molecule has 21 heteroatoms. The zero-order valence-electron chi connectivity index (χ0n) is 31.7. The second-order valence-electron chi connectivity index (χ2n) is 12.7. The van der Waals surface area contributed by atoms with Crippen LogP contribution in [0.1, 0.15) is 59.3 Å². The van der Waals surface area contributed by atoms with Crippen molar-refractivity contribution in [3.05, 3.63) is 0 Å². The Bertz CT molecular complexity index is 1220. The van der Waals surface area contributed by atoms with Crippen LogP contribution in [0.4, 0.5) is 0 Å². The van der Waals surface area contributed by atoms with Crippen LogP contribution in [-0.2, 0) is 33.6 Å². The first-order chi connectivity index (χ1) is 25.0. The number of aliphatic imine (C=N–C) groups is 1. The Morgan fingerprint density at radius 3 is 1.49 bits per heavy atom. The first-order valence-electron chi connectivity index (χ1n) is 17.3. The van der Waals surface area contributed by atoms with Crippen LogP contribution in [0.5, 0.6) is 0 Å². The van der Waals surface area contributed by atoms with Gasteiger partial charge in [-0.05, 0) is 87.4 Å². The lowest BCUT2D eigenvalue weighted by Crippen LogP contribution is -2.58. The van der Waals surface area contributed by atoms with Gasteiger partial charge in [-0.1, -0.05) is 13.8 Å². The number of nitrogens with zero attached hydrogens (tertiary/aromatic N) is 1. The maximum Gasteiger partial charge on any atom is 0.243 e. The number of nitrogens with one attached hydrogen (secondary N) is 6. The summed E-state index contributed by atoms with van der Waals surface area (Å²) in [5, 5.41) is 15.8. The lowest BCUT2D eigenvalue weighted by molar-refractivity contribution is -0.135. The normalized spacial score (nSPS) is 14.3. The smallest absolute Gasteiger partial charge is 0.243 e. The fraction of sp³-hybridized carbons (Fsp3) is 0.750. The first-order valence-corrected chi connectivity index (χ1v) is 21.5. The number of rotatable bonds is 28. The van der Waals surface area contributed by atoms with E-state index in [9.17, 15) is 33.6 Å². The summed E-state index contributed by atoms with van der Waals surface area (Å²) >= 11 is 4.41. The minimum Gasteiger partial charge on any atom is -0.370 e. The third kappa shape index (κ3) is 22.4. The molecule has 6 unspecified atom stereocenters. The highest BCUT2D eigenvalue weighted by molar-refractivity contribution is 7.98. The Morgan fingerprint density at radius 2 is 1.02 bits per heavy atom. The van der Waals surface area contributed by atoms with Crippen molar-refractivity contribution in [1.29, 1.82) is 0 Å². The first kappa shape index (κ1) is 49.6. The molecule has 14 N–H and O–H groups in total. The number of nitrogens with two attached hydrogens (primary N) is 4. The highest BCUT2D eigenvalue weighted by Crippen LogP contribution is 2.10. The molecule has 7 amide bonds. The van der Waals surface area contributed by atoms with Gasteiger partial charge in [-0.15, -0.1) is 0 Å². The summed E-state index contributed by atoms with van der Waals surface area (Å²) in [5.41, 5.74) is 22.0. The number of carbonyl (C=O) groups is 7. The molecule has 0 fully saturated rings. The van der Waals surface area contributed by atoms with Gasteiger partial charge in [0.25, 0.3) is 0 Å². The van der Waals surface area contributed by atoms with Crippen LogP contribution in [0.2, 0.25) is 0 Å². The quantitative estimate of drug-likeness (QED) is 0.0227. The number of carbonyl (C=O) groups excluding carboxylic acids is 7. The van der Waals surface area contributed by atoms with Crippen molar-refractivity contribution < 1.29 is 33.6 Å². The van der Waals surface area contributed by atoms with Gasteiger partial charge < -0.3 is 54.8 Å². The Hall–Kier alpha value is -3.43. The largest absolute Gasteiger partial charge is 0.370 e. The van der Waals surface area contributed by atoms with Crippen LogP contribution >= 0.6 is 35.3 Å². The van der Waals surface area contributed by atoms with E-state index >= 15 is 0 Å². The molecule has 18 nitrogen and oxygen atoms in total. The number of thioether (sulfide) groups is 3. The summed E-state index contributed by atoms with van der Waals surface area (Å²) < 4.78 is 0. The molecule has 0 heterocycles. The van der Waals surface area contributed by atoms with Gasteiger partial charge in [-0.25, -0.2) is 0 Å². The summed E-state index contributed by atoms with van der Waals surface area (Å²) in [4.78, 5) is 94.6. The van der Waals surface area contributed by atoms with E-state index in [1.165, 1.54) is 42.2 Å². The van der Waals surface area contributed by atoms with E-state index in [4.69, 9.17) is 22.9 Å². The Balaban J connectivity index is 5.94. The topological polar surface area (TPSA) is 308 Å². The number of hydrogen-bond acceptors (Lipinski definition) is 12. The molecule has 304 valence electrons. The number of primary amides is 1. The van der Waals surface area contributed by atoms with Crippen molar-refractivity contribution in [3.8, 4) is 0 Å². The van der Waals surface area contributed by atoms with Crippen LogP contribution < -0.4 is 54.8 Å². The second-order valence-corrected chi connectivity index (χ2v) is 15.7. The highest BCUT2D eigenvalue weighted by Gasteiger charge is 2.31. The summed E-state index contributed by atoms with van der Waals surface area (Å²) in [6.45, 7) is 4.91. The average molecular weight is 808 g/mol. The lowest BCUT2D eigenvalue weighted by Gasteiger charge is -2.27. The molecule has 0 aliphatic carbocycles. The van der Waals surface area contributed by atoms with E-state index in [1.54, 1.807) is 0 Å². The lowest BCUT2D eigenvalue weighted by atomic mass is 10.0. The van der Waals surface area contributed by atoms with Crippen molar-refractivity contribution in [1.82, 2.24) is 31.9 Å². The molecule has 0 aliphatic heterocycles. The number of guanidine groups is 1. The van der Waals surface area contributed by atoms with Crippen LogP contribution in [0.25, 0.3) is 0 Å². The van der Waals surface area contributed by atoms with E-state index < -0.39 is 84.1 Å². The van der Waals surface area contributed by atoms with Gasteiger partial charge in [0.05, 0.1) is 12.6 Å². The van der Waals surface area contributed by atoms with E-state index in [0.29, 0.717) is 36.5 Å². The number of hydrogen-bond donors (Lipinski definition) is 10. The van der Waals surface area contributed by atoms with Crippen molar-refractivity contribution >= 4 is 82.6 Å². The van der Waals surface area contributed by atoms with Crippen LogP contribution in [0.3, 0.4) is 0 Å². The molecule has 0 aromatic carbocycles. The van der Waals surface area contributed by atoms with Crippen molar-refractivity contribution in [2.45, 2.75) is 95.5 Å². The minimum absolute atomic E-state index is 0.0674. The summed E-state index contributed by atoms with van der Waals surface area (Å²) in [6, 6.07) is -5.98. The van der Waals surface area contributed by atoms with E-state index in [1.807, 2.05) is 32.6 Å².